The Kier molecular flexibility index (Phi) is 4.48. The molecule has 4 atom stereocenters. The van der Waals surface area contributed by atoms with Gasteiger partial charge in [0.25, 0.3) is 0 Å². The van der Waals surface area contributed by atoms with Crippen LogP contribution in [0.1, 0.15) is 51.9 Å². The Bertz CT molecular complexity index is 412. The normalized spacial score (nSPS) is 36.2. The fraction of sp³-hybridized carbons (Fsp3) is 0.875. The third-order valence-electron chi connectivity index (χ3n) is 5.26. The fourth-order valence-electron chi connectivity index (χ4n) is 4.07. The first-order chi connectivity index (χ1) is 10.2. The Morgan fingerprint density at radius 1 is 1.33 bits per heavy atom. The Hall–Kier alpha value is -1.10. The lowest BCUT2D eigenvalue weighted by Crippen LogP contribution is -2.43. The third-order valence-corrected chi connectivity index (χ3v) is 5.26. The van der Waals surface area contributed by atoms with E-state index in [-0.39, 0.29) is 23.9 Å². The van der Waals surface area contributed by atoms with Crippen LogP contribution in [0.25, 0.3) is 0 Å². The highest BCUT2D eigenvalue weighted by Crippen LogP contribution is 2.32. The van der Waals surface area contributed by atoms with Crippen molar-refractivity contribution in [3.05, 3.63) is 0 Å². The van der Waals surface area contributed by atoms with Crippen molar-refractivity contribution in [3.63, 3.8) is 0 Å². The van der Waals surface area contributed by atoms with Gasteiger partial charge in [0.05, 0.1) is 6.10 Å². The number of nitrogens with one attached hydrogen (secondary N) is 1. The summed E-state index contributed by atoms with van der Waals surface area (Å²) in [7, 11) is 0. The Morgan fingerprint density at radius 3 is 2.95 bits per heavy atom. The van der Waals surface area contributed by atoms with E-state index in [1.54, 1.807) is 0 Å². The summed E-state index contributed by atoms with van der Waals surface area (Å²) in [5.74, 6) is 0.792. The number of ether oxygens (including phenoxy) is 1. The van der Waals surface area contributed by atoms with Gasteiger partial charge in [-0.1, -0.05) is 6.92 Å². The molecule has 3 saturated heterocycles. The number of amides is 2. The summed E-state index contributed by atoms with van der Waals surface area (Å²) in [5.41, 5.74) is 0. The first kappa shape index (κ1) is 14.8. The molecule has 3 aliphatic rings. The maximum absolute atomic E-state index is 12.7. The number of nitrogens with zero attached hydrogens (tertiary/aromatic N) is 1. The molecule has 2 amide bonds. The van der Waals surface area contributed by atoms with Crippen LogP contribution in [-0.2, 0) is 14.3 Å². The summed E-state index contributed by atoms with van der Waals surface area (Å²) < 4.78 is 5.69. The molecule has 3 fully saturated rings. The van der Waals surface area contributed by atoms with Crippen LogP contribution in [0, 0.1) is 5.92 Å². The van der Waals surface area contributed by atoms with E-state index in [4.69, 9.17) is 4.74 Å². The van der Waals surface area contributed by atoms with Crippen molar-refractivity contribution in [2.24, 2.45) is 5.92 Å². The van der Waals surface area contributed by atoms with Crippen LogP contribution in [0.4, 0.5) is 0 Å². The molecule has 0 spiro atoms. The topological polar surface area (TPSA) is 58.6 Å². The molecule has 1 N–H and O–H groups in total. The minimum absolute atomic E-state index is 0.0945. The summed E-state index contributed by atoms with van der Waals surface area (Å²) in [6.45, 7) is 3.55. The molecule has 2 bridgehead atoms. The largest absolute Gasteiger partial charge is 0.378 e. The van der Waals surface area contributed by atoms with Crippen LogP contribution in [0.2, 0.25) is 0 Å². The van der Waals surface area contributed by atoms with Crippen LogP contribution in [-0.4, -0.2) is 48.1 Å². The second kappa shape index (κ2) is 6.34. The van der Waals surface area contributed by atoms with E-state index < -0.39 is 0 Å². The quantitative estimate of drug-likeness (QED) is 0.857. The van der Waals surface area contributed by atoms with Gasteiger partial charge in [-0.3, -0.25) is 9.59 Å². The van der Waals surface area contributed by atoms with Crippen molar-refractivity contribution >= 4 is 11.8 Å². The molecular formula is C16H26N2O3. The second-order valence-corrected chi connectivity index (χ2v) is 6.69. The van der Waals surface area contributed by atoms with E-state index >= 15 is 0 Å². The molecule has 0 radical (unpaired) electrons. The van der Waals surface area contributed by atoms with Gasteiger partial charge in [0.1, 0.15) is 0 Å². The molecule has 3 heterocycles. The van der Waals surface area contributed by atoms with Crippen LogP contribution >= 0.6 is 0 Å². The predicted octanol–water partition coefficient (Wildman–Crippen LogP) is 1.46. The number of hydrogen-bond donors (Lipinski definition) is 1. The van der Waals surface area contributed by atoms with E-state index in [0.717, 1.165) is 38.7 Å². The molecule has 5 heteroatoms. The van der Waals surface area contributed by atoms with Crippen LogP contribution in [0.5, 0.6) is 0 Å². The van der Waals surface area contributed by atoms with Crippen LogP contribution in [0.3, 0.4) is 0 Å². The third kappa shape index (κ3) is 3.23. The van der Waals surface area contributed by atoms with Crippen molar-refractivity contribution in [3.8, 4) is 0 Å². The zero-order chi connectivity index (χ0) is 14.8. The van der Waals surface area contributed by atoms with E-state index in [0.29, 0.717) is 31.4 Å². The Balaban J connectivity index is 1.61. The molecule has 0 aromatic heterocycles. The van der Waals surface area contributed by atoms with Gasteiger partial charge in [-0.25, -0.2) is 0 Å². The average molecular weight is 294 g/mol. The smallest absolute Gasteiger partial charge is 0.223 e. The lowest BCUT2D eigenvalue weighted by atomic mass is 9.91. The molecule has 0 saturated carbocycles. The van der Waals surface area contributed by atoms with Gasteiger partial charge in [-0.2, -0.15) is 0 Å². The molecular weight excluding hydrogens is 268 g/mol. The Morgan fingerprint density at radius 2 is 2.14 bits per heavy atom. The maximum Gasteiger partial charge on any atom is 0.223 e. The number of hydrogen-bond acceptors (Lipinski definition) is 3. The highest BCUT2D eigenvalue weighted by atomic mass is 16.5. The number of carbonyl (C=O) groups is 2. The zero-order valence-corrected chi connectivity index (χ0v) is 12.8. The van der Waals surface area contributed by atoms with Crippen LogP contribution in [0.15, 0.2) is 0 Å². The number of fused-ring (bicyclic) bond motifs is 2. The van der Waals surface area contributed by atoms with Gasteiger partial charge >= 0.3 is 0 Å². The summed E-state index contributed by atoms with van der Waals surface area (Å²) >= 11 is 0. The van der Waals surface area contributed by atoms with E-state index in [1.807, 2.05) is 4.90 Å². The van der Waals surface area contributed by atoms with Crippen LogP contribution < -0.4 is 5.32 Å². The predicted molar refractivity (Wildman–Crippen MR) is 78.7 cm³/mol. The van der Waals surface area contributed by atoms with E-state index in [2.05, 4.69) is 12.2 Å². The van der Waals surface area contributed by atoms with Crippen molar-refractivity contribution in [2.75, 3.05) is 13.2 Å². The molecule has 21 heavy (non-hydrogen) atoms. The summed E-state index contributed by atoms with van der Waals surface area (Å²) in [6.07, 6.45) is 6.45. The molecule has 5 nitrogen and oxygen atoms in total. The van der Waals surface area contributed by atoms with Crippen molar-refractivity contribution in [1.29, 1.82) is 0 Å². The summed E-state index contributed by atoms with van der Waals surface area (Å²) in [5, 5.41) is 2.93. The first-order valence-electron chi connectivity index (χ1n) is 8.36. The summed E-state index contributed by atoms with van der Waals surface area (Å²) in [6, 6.07) is 0.350. The molecule has 118 valence electrons. The highest BCUT2D eigenvalue weighted by molar-refractivity contribution is 5.81. The van der Waals surface area contributed by atoms with Gasteiger partial charge in [0.15, 0.2) is 0 Å². The fourth-order valence-corrected chi connectivity index (χ4v) is 4.07. The maximum atomic E-state index is 12.7. The molecule has 0 aromatic carbocycles. The minimum Gasteiger partial charge on any atom is -0.378 e. The van der Waals surface area contributed by atoms with Crippen molar-refractivity contribution in [1.82, 2.24) is 10.2 Å². The average Bonchev–Trinajstić information content (AvgIpc) is 2.79. The molecule has 0 aromatic rings. The van der Waals surface area contributed by atoms with Gasteiger partial charge in [-0.05, 0) is 38.0 Å². The van der Waals surface area contributed by atoms with Gasteiger partial charge in [-0.15, -0.1) is 0 Å². The number of rotatable bonds is 3. The van der Waals surface area contributed by atoms with Gasteiger partial charge < -0.3 is 15.0 Å². The Labute approximate surface area is 126 Å². The monoisotopic (exact) mass is 294 g/mol. The molecule has 3 rings (SSSR count). The van der Waals surface area contributed by atoms with Crippen molar-refractivity contribution in [2.45, 2.75) is 70.1 Å². The SMILES string of the molecule is CCC1CC(CC(=O)N2C3CCC2CC(=O)NC3)CCO1. The molecule has 0 aliphatic carbocycles. The standard InChI is InChI=1S/C16H26N2O3/c1-2-14-7-11(5-6-21-14)8-16(20)18-12-3-4-13(18)10-17-15(19)9-12/h11-14H,2-10H2,1H3,(H,17,19). The zero-order valence-electron chi connectivity index (χ0n) is 12.8. The van der Waals surface area contributed by atoms with E-state index in [9.17, 15) is 9.59 Å². The van der Waals surface area contributed by atoms with Crippen molar-refractivity contribution < 1.29 is 14.3 Å². The second-order valence-electron chi connectivity index (χ2n) is 6.69. The minimum atomic E-state index is 0.0945. The van der Waals surface area contributed by atoms with E-state index in [1.165, 1.54) is 0 Å². The lowest BCUT2D eigenvalue weighted by molar-refractivity contribution is -0.136. The van der Waals surface area contributed by atoms with Gasteiger partial charge in [0.2, 0.25) is 11.8 Å². The first-order valence-corrected chi connectivity index (χ1v) is 8.36. The summed E-state index contributed by atoms with van der Waals surface area (Å²) in [4.78, 5) is 26.4. The molecule has 3 aliphatic heterocycles. The lowest BCUT2D eigenvalue weighted by Gasteiger charge is -2.32. The number of carbonyl (C=O) groups excluding carboxylic acids is 2. The molecule has 4 unspecified atom stereocenters. The van der Waals surface area contributed by atoms with Gasteiger partial charge in [0, 0.05) is 38.1 Å². The highest BCUT2D eigenvalue weighted by Gasteiger charge is 2.40.